The van der Waals surface area contributed by atoms with Crippen molar-refractivity contribution in [3.63, 3.8) is 0 Å². The van der Waals surface area contributed by atoms with Crippen LogP contribution in [-0.2, 0) is 6.54 Å². The van der Waals surface area contributed by atoms with Crippen LogP contribution in [0.5, 0.6) is 5.75 Å². The Balaban J connectivity index is 1.50. The predicted octanol–water partition coefficient (Wildman–Crippen LogP) is 5.08. The topological polar surface area (TPSA) is 105 Å². The van der Waals surface area contributed by atoms with Gasteiger partial charge in [0.25, 0.3) is 0 Å². The van der Waals surface area contributed by atoms with E-state index in [4.69, 9.17) is 4.98 Å². The zero-order valence-corrected chi connectivity index (χ0v) is 18.7. The van der Waals surface area contributed by atoms with Crippen molar-refractivity contribution >= 4 is 11.0 Å². The number of benzene rings is 2. The molecule has 0 radical (unpaired) electrons. The quantitative estimate of drug-likeness (QED) is 0.386. The molecule has 5 aromatic rings. The molecule has 0 bridgehead atoms. The number of tetrazole rings is 1. The second kappa shape index (κ2) is 8.70. The van der Waals surface area contributed by atoms with E-state index in [1.807, 2.05) is 24.3 Å². The molecular formula is C26H25N7O. The second-order valence-corrected chi connectivity index (χ2v) is 8.86. The average molecular weight is 452 g/mol. The summed E-state index contributed by atoms with van der Waals surface area (Å²) in [5, 5.41) is 25.4. The molecule has 8 nitrogen and oxygen atoms in total. The molecule has 0 aliphatic heterocycles. The lowest BCUT2D eigenvalue weighted by Gasteiger charge is -2.23. The minimum absolute atomic E-state index is 0.164. The largest absolute Gasteiger partial charge is 0.504 e. The maximum Gasteiger partial charge on any atom is 0.205 e. The fraction of sp³-hybridized carbons (Fsp3) is 0.269. The lowest BCUT2D eigenvalue weighted by atomic mass is 9.88. The summed E-state index contributed by atoms with van der Waals surface area (Å²) in [5.41, 5.74) is 5.66. The van der Waals surface area contributed by atoms with Gasteiger partial charge in [-0.15, -0.1) is 10.2 Å². The maximum atomic E-state index is 10.7. The first-order valence-corrected chi connectivity index (χ1v) is 11.7. The number of fused-ring (bicyclic) bond motifs is 1. The molecule has 8 heteroatoms. The first-order valence-electron chi connectivity index (χ1n) is 11.7. The minimum atomic E-state index is 0.164. The van der Waals surface area contributed by atoms with Crippen molar-refractivity contribution in [2.75, 3.05) is 0 Å². The van der Waals surface area contributed by atoms with Crippen LogP contribution in [0.4, 0.5) is 0 Å². The lowest BCUT2D eigenvalue weighted by Crippen LogP contribution is -2.13. The smallest absolute Gasteiger partial charge is 0.205 e. The van der Waals surface area contributed by atoms with Gasteiger partial charge in [0, 0.05) is 11.5 Å². The van der Waals surface area contributed by atoms with Crippen LogP contribution in [0.3, 0.4) is 0 Å². The highest BCUT2D eigenvalue weighted by Gasteiger charge is 2.25. The summed E-state index contributed by atoms with van der Waals surface area (Å²) < 4.78 is 2.19. The summed E-state index contributed by atoms with van der Waals surface area (Å²) in [6.07, 6.45) is 9.20. The Morgan fingerprint density at radius 2 is 1.68 bits per heavy atom. The molecule has 0 atom stereocenters. The number of rotatable bonds is 5. The van der Waals surface area contributed by atoms with Crippen LogP contribution in [-0.4, -0.2) is 40.3 Å². The van der Waals surface area contributed by atoms with Crippen molar-refractivity contribution in [3.05, 3.63) is 72.3 Å². The number of aromatic hydroxyl groups is 1. The van der Waals surface area contributed by atoms with Gasteiger partial charge in [0.15, 0.2) is 5.75 Å². The van der Waals surface area contributed by atoms with E-state index >= 15 is 0 Å². The van der Waals surface area contributed by atoms with Crippen LogP contribution >= 0.6 is 0 Å². The van der Waals surface area contributed by atoms with Crippen LogP contribution in [0.2, 0.25) is 0 Å². The standard InChI is InChI=1S/C26H25N7O/c34-23-15-27-14-22-24(23)33(26(28-22)17-8-2-1-3-9-17)16-18-10-4-5-11-19(18)20-12-6-7-13-21(20)25-29-31-32-30-25/h4-7,10-15,17,34H,1-3,8-9,16H2,(H,29,30,31,32). The normalized spacial score (nSPS) is 14.6. The fourth-order valence-corrected chi connectivity index (χ4v) is 5.20. The van der Waals surface area contributed by atoms with E-state index in [1.165, 1.54) is 25.5 Å². The van der Waals surface area contributed by atoms with Crippen LogP contribution in [0.1, 0.15) is 49.4 Å². The lowest BCUT2D eigenvalue weighted by molar-refractivity contribution is 0.419. The van der Waals surface area contributed by atoms with Crippen LogP contribution < -0.4 is 0 Å². The van der Waals surface area contributed by atoms with Crippen molar-refractivity contribution in [3.8, 4) is 28.3 Å². The van der Waals surface area contributed by atoms with E-state index < -0.39 is 0 Å². The maximum absolute atomic E-state index is 10.7. The molecule has 0 unspecified atom stereocenters. The fourth-order valence-electron chi connectivity index (χ4n) is 5.20. The van der Waals surface area contributed by atoms with E-state index in [2.05, 4.69) is 54.4 Å². The van der Waals surface area contributed by atoms with E-state index in [-0.39, 0.29) is 5.75 Å². The zero-order valence-electron chi connectivity index (χ0n) is 18.7. The van der Waals surface area contributed by atoms with Crippen molar-refractivity contribution in [1.29, 1.82) is 0 Å². The Morgan fingerprint density at radius 3 is 2.47 bits per heavy atom. The molecule has 1 aliphatic carbocycles. The van der Waals surface area contributed by atoms with Gasteiger partial charge in [-0.3, -0.25) is 4.98 Å². The minimum Gasteiger partial charge on any atom is -0.504 e. The van der Waals surface area contributed by atoms with Crippen LogP contribution in [0.25, 0.3) is 33.5 Å². The molecule has 2 N–H and O–H groups in total. The third-order valence-electron chi connectivity index (χ3n) is 6.78. The first kappa shape index (κ1) is 20.5. The number of aromatic nitrogens is 7. The number of imidazole rings is 1. The number of H-pyrrole nitrogens is 1. The molecule has 3 aromatic heterocycles. The number of aromatic amines is 1. The van der Waals surface area contributed by atoms with E-state index in [0.717, 1.165) is 52.0 Å². The van der Waals surface area contributed by atoms with Crippen molar-refractivity contribution in [1.82, 2.24) is 35.2 Å². The molecular weight excluding hydrogens is 426 g/mol. The predicted molar refractivity (Wildman–Crippen MR) is 129 cm³/mol. The molecule has 1 aliphatic rings. The summed E-state index contributed by atoms with van der Waals surface area (Å²) in [6.45, 7) is 0.594. The third-order valence-corrected chi connectivity index (χ3v) is 6.78. The van der Waals surface area contributed by atoms with Crippen molar-refractivity contribution < 1.29 is 5.11 Å². The monoisotopic (exact) mass is 451 g/mol. The second-order valence-electron chi connectivity index (χ2n) is 8.86. The highest BCUT2D eigenvalue weighted by Crippen LogP contribution is 2.38. The molecule has 2 aromatic carbocycles. The number of nitrogens with one attached hydrogen (secondary N) is 1. The Kier molecular flexibility index (Phi) is 5.25. The van der Waals surface area contributed by atoms with Crippen LogP contribution in [0.15, 0.2) is 60.9 Å². The van der Waals surface area contributed by atoms with Gasteiger partial charge < -0.3 is 9.67 Å². The van der Waals surface area contributed by atoms with Gasteiger partial charge in [-0.1, -0.05) is 67.8 Å². The zero-order chi connectivity index (χ0) is 22.9. The van der Waals surface area contributed by atoms with Gasteiger partial charge in [0.1, 0.15) is 16.9 Å². The van der Waals surface area contributed by atoms with Crippen molar-refractivity contribution in [2.24, 2.45) is 0 Å². The van der Waals surface area contributed by atoms with Gasteiger partial charge in [-0.25, -0.2) is 4.98 Å². The summed E-state index contributed by atoms with van der Waals surface area (Å²) in [6, 6.07) is 16.4. The third kappa shape index (κ3) is 3.61. The summed E-state index contributed by atoms with van der Waals surface area (Å²) in [7, 11) is 0. The molecule has 0 saturated heterocycles. The van der Waals surface area contributed by atoms with Gasteiger partial charge in [-0.2, -0.15) is 5.21 Å². The first-order chi connectivity index (χ1) is 16.8. The Bertz CT molecular complexity index is 1440. The Hall–Kier alpha value is -4.07. The molecule has 170 valence electrons. The van der Waals surface area contributed by atoms with Gasteiger partial charge in [-0.05, 0) is 34.7 Å². The van der Waals surface area contributed by atoms with Gasteiger partial charge in [0.05, 0.1) is 18.9 Å². The van der Waals surface area contributed by atoms with Gasteiger partial charge >= 0.3 is 0 Å². The summed E-state index contributed by atoms with van der Waals surface area (Å²) >= 11 is 0. The Morgan fingerprint density at radius 1 is 0.912 bits per heavy atom. The molecule has 0 spiro atoms. The summed E-state index contributed by atoms with van der Waals surface area (Å²) in [5.74, 6) is 2.15. The molecule has 3 heterocycles. The highest BCUT2D eigenvalue weighted by molar-refractivity contribution is 5.83. The van der Waals surface area contributed by atoms with Crippen molar-refractivity contribution in [2.45, 2.75) is 44.6 Å². The molecule has 34 heavy (non-hydrogen) atoms. The highest BCUT2D eigenvalue weighted by atomic mass is 16.3. The number of hydrogen-bond donors (Lipinski definition) is 2. The molecule has 0 amide bonds. The van der Waals surface area contributed by atoms with Crippen LogP contribution in [0, 0.1) is 0 Å². The number of nitrogens with zero attached hydrogens (tertiary/aromatic N) is 6. The number of pyridine rings is 1. The van der Waals surface area contributed by atoms with E-state index in [9.17, 15) is 5.11 Å². The van der Waals surface area contributed by atoms with E-state index in [0.29, 0.717) is 18.3 Å². The van der Waals surface area contributed by atoms with Gasteiger partial charge in [0.2, 0.25) is 5.82 Å². The average Bonchev–Trinajstić information content (AvgIpc) is 3.54. The Labute approximate surface area is 196 Å². The SMILES string of the molecule is Oc1cncc2nc(C3CCCCC3)n(Cc3ccccc3-c3ccccc3-c3nn[nH]n3)c12. The number of hydrogen-bond acceptors (Lipinski definition) is 6. The molecule has 6 rings (SSSR count). The molecule has 1 saturated carbocycles. The van der Waals surface area contributed by atoms with E-state index in [1.54, 1.807) is 6.20 Å². The molecule has 1 fully saturated rings. The summed E-state index contributed by atoms with van der Waals surface area (Å²) in [4.78, 5) is 9.14.